The maximum Gasteiger partial charge on any atom is 0.163 e. The SMILES string of the molecule is CN1CCN(Cc2cc3c(NCCO)nc(-c4cccc5[nH]ncc45)nc3s2)CC1. The predicted octanol–water partition coefficient (Wildman–Crippen LogP) is 2.39. The summed E-state index contributed by atoms with van der Waals surface area (Å²) in [7, 11) is 2.17. The topological polar surface area (TPSA) is 93.2 Å². The van der Waals surface area contributed by atoms with Crippen LogP contribution < -0.4 is 5.32 Å². The Kier molecular flexibility index (Phi) is 5.34. The molecule has 1 fully saturated rings. The maximum absolute atomic E-state index is 9.32. The molecule has 1 aliphatic rings. The summed E-state index contributed by atoms with van der Waals surface area (Å²) in [4.78, 5) is 16.8. The number of aliphatic hydroxyl groups is 1. The molecule has 0 radical (unpaired) electrons. The maximum atomic E-state index is 9.32. The summed E-state index contributed by atoms with van der Waals surface area (Å²) < 4.78 is 0. The van der Waals surface area contributed by atoms with Gasteiger partial charge in [-0.1, -0.05) is 12.1 Å². The Balaban J connectivity index is 1.53. The summed E-state index contributed by atoms with van der Waals surface area (Å²) in [6.45, 7) is 5.81. The first-order valence-corrected chi connectivity index (χ1v) is 11.0. The van der Waals surface area contributed by atoms with Gasteiger partial charge in [0, 0.05) is 55.1 Å². The molecule has 3 aromatic heterocycles. The zero-order chi connectivity index (χ0) is 20.5. The largest absolute Gasteiger partial charge is 0.395 e. The van der Waals surface area contributed by atoms with E-state index in [1.165, 1.54) is 4.88 Å². The van der Waals surface area contributed by atoms with Crippen molar-refractivity contribution >= 4 is 38.3 Å². The number of nitrogens with one attached hydrogen (secondary N) is 2. The van der Waals surface area contributed by atoms with Gasteiger partial charge in [-0.25, -0.2) is 9.97 Å². The Morgan fingerprint density at radius 3 is 2.87 bits per heavy atom. The Morgan fingerprint density at radius 2 is 2.03 bits per heavy atom. The van der Waals surface area contributed by atoms with E-state index < -0.39 is 0 Å². The van der Waals surface area contributed by atoms with Gasteiger partial charge in [-0.2, -0.15) is 5.10 Å². The first kappa shape index (κ1) is 19.4. The molecule has 1 saturated heterocycles. The molecule has 0 aliphatic carbocycles. The number of aromatic nitrogens is 4. The molecule has 0 saturated carbocycles. The van der Waals surface area contributed by atoms with Crippen LogP contribution in [-0.2, 0) is 6.54 Å². The fourth-order valence-corrected chi connectivity index (χ4v) is 4.94. The van der Waals surface area contributed by atoms with Crippen LogP contribution in [0, 0.1) is 0 Å². The lowest BCUT2D eigenvalue weighted by Crippen LogP contribution is -2.43. The van der Waals surface area contributed by atoms with Crippen LogP contribution >= 0.6 is 11.3 Å². The smallest absolute Gasteiger partial charge is 0.163 e. The van der Waals surface area contributed by atoms with Crippen molar-refractivity contribution in [1.29, 1.82) is 0 Å². The Hall–Kier alpha value is -2.59. The Bertz CT molecular complexity index is 1160. The van der Waals surface area contributed by atoms with Crippen LogP contribution in [0.4, 0.5) is 5.82 Å². The highest BCUT2D eigenvalue weighted by Crippen LogP contribution is 2.34. The van der Waals surface area contributed by atoms with E-state index in [2.05, 4.69) is 38.4 Å². The van der Waals surface area contributed by atoms with Gasteiger partial charge in [0.1, 0.15) is 10.6 Å². The van der Waals surface area contributed by atoms with E-state index in [0.717, 1.165) is 65.2 Å². The highest BCUT2D eigenvalue weighted by atomic mass is 32.1. The molecular formula is C21H25N7OS. The van der Waals surface area contributed by atoms with Crippen molar-refractivity contribution in [2.45, 2.75) is 6.54 Å². The summed E-state index contributed by atoms with van der Waals surface area (Å²) in [5.74, 6) is 1.44. The molecule has 1 aliphatic heterocycles. The number of likely N-dealkylation sites (N-methyl/N-ethyl adjacent to an activating group) is 1. The van der Waals surface area contributed by atoms with E-state index in [9.17, 15) is 5.11 Å². The third-order valence-corrected chi connectivity index (χ3v) is 6.56. The minimum atomic E-state index is 0.0520. The van der Waals surface area contributed by atoms with Crippen LogP contribution in [0.1, 0.15) is 4.88 Å². The zero-order valence-corrected chi connectivity index (χ0v) is 17.7. The molecule has 5 rings (SSSR count). The third kappa shape index (κ3) is 3.77. The van der Waals surface area contributed by atoms with Crippen LogP contribution in [0.5, 0.6) is 0 Å². The molecule has 30 heavy (non-hydrogen) atoms. The van der Waals surface area contributed by atoms with E-state index in [1.54, 1.807) is 11.3 Å². The summed E-state index contributed by atoms with van der Waals surface area (Å²) in [5, 5.41) is 21.8. The number of thiophene rings is 1. The molecule has 0 unspecified atom stereocenters. The first-order chi connectivity index (χ1) is 14.7. The molecule has 4 heterocycles. The lowest BCUT2D eigenvalue weighted by atomic mass is 10.1. The average molecular weight is 424 g/mol. The summed E-state index contributed by atoms with van der Waals surface area (Å²) in [6.07, 6.45) is 1.81. The predicted molar refractivity (Wildman–Crippen MR) is 121 cm³/mol. The van der Waals surface area contributed by atoms with Gasteiger partial charge in [-0.15, -0.1) is 11.3 Å². The Morgan fingerprint density at radius 1 is 1.17 bits per heavy atom. The summed E-state index contributed by atoms with van der Waals surface area (Å²) in [5.41, 5.74) is 1.91. The van der Waals surface area contributed by atoms with Crippen LogP contribution in [0.25, 0.3) is 32.5 Å². The lowest BCUT2D eigenvalue weighted by Gasteiger charge is -2.31. The number of benzene rings is 1. The third-order valence-electron chi connectivity index (χ3n) is 5.55. The highest BCUT2D eigenvalue weighted by molar-refractivity contribution is 7.18. The van der Waals surface area contributed by atoms with Crippen LogP contribution in [0.15, 0.2) is 30.5 Å². The number of aliphatic hydroxyl groups excluding tert-OH is 1. The average Bonchev–Trinajstić information content (AvgIpc) is 3.39. The minimum absolute atomic E-state index is 0.0520. The number of piperazine rings is 1. The number of fused-ring (bicyclic) bond motifs is 2. The molecule has 0 spiro atoms. The van der Waals surface area contributed by atoms with Gasteiger partial charge in [-0.05, 0) is 19.2 Å². The number of rotatable bonds is 6. The molecule has 0 atom stereocenters. The van der Waals surface area contributed by atoms with Gasteiger partial charge in [0.25, 0.3) is 0 Å². The molecule has 8 nitrogen and oxygen atoms in total. The number of hydrogen-bond donors (Lipinski definition) is 3. The standard InChI is InChI=1S/C21H25N7OS/c1-27-6-8-28(9-7-27)13-14-11-16-19(22-5-10-29)24-20(25-21(16)30-14)15-3-2-4-18-17(15)12-23-26-18/h2-4,11-12,29H,5-10,13H2,1H3,(H,23,26)(H,22,24,25). The molecule has 1 aromatic carbocycles. The van der Waals surface area contributed by atoms with E-state index in [0.29, 0.717) is 12.4 Å². The number of anilines is 1. The van der Waals surface area contributed by atoms with Crippen molar-refractivity contribution in [1.82, 2.24) is 30.0 Å². The highest BCUT2D eigenvalue weighted by Gasteiger charge is 2.18. The Labute approximate surface area is 178 Å². The second-order valence-electron chi connectivity index (χ2n) is 7.69. The van der Waals surface area contributed by atoms with Gasteiger partial charge >= 0.3 is 0 Å². The van der Waals surface area contributed by atoms with Gasteiger partial charge in [-0.3, -0.25) is 10.00 Å². The van der Waals surface area contributed by atoms with E-state index in [-0.39, 0.29) is 6.61 Å². The van der Waals surface area contributed by atoms with E-state index in [1.807, 2.05) is 24.4 Å². The molecule has 9 heteroatoms. The number of hydrogen-bond acceptors (Lipinski definition) is 8. The van der Waals surface area contributed by atoms with Crippen molar-refractivity contribution in [2.75, 3.05) is 51.7 Å². The molecule has 4 aromatic rings. The number of H-pyrrole nitrogens is 1. The van der Waals surface area contributed by atoms with Crippen molar-refractivity contribution < 1.29 is 5.11 Å². The van der Waals surface area contributed by atoms with Crippen molar-refractivity contribution in [3.05, 3.63) is 35.3 Å². The van der Waals surface area contributed by atoms with Crippen LogP contribution in [0.2, 0.25) is 0 Å². The van der Waals surface area contributed by atoms with Gasteiger partial charge < -0.3 is 15.3 Å². The summed E-state index contributed by atoms with van der Waals surface area (Å²) >= 11 is 1.72. The first-order valence-electron chi connectivity index (χ1n) is 10.2. The van der Waals surface area contributed by atoms with Crippen molar-refractivity contribution in [3.63, 3.8) is 0 Å². The second-order valence-corrected chi connectivity index (χ2v) is 8.81. The zero-order valence-electron chi connectivity index (χ0n) is 16.9. The van der Waals surface area contributed by atoms with Crippen LogP contribution in [-0.4, -0.2) is 81.5 Å². The van der Waals surface area contributed by atoms with Gasteiger partial charge in [0.05, 0.1) is 23.7 Å². The molecule has 0 bridgehead atoms. The minimum Gasteiger partial charge on any atom is -0.395 e. The molecular weight excluding hydrogens is 398 g/mol. The molecule has 0 amide bonds. The van der Waals surface area contributed by atoms with E-state index in [4.69, 9.17) is 9.97 Å². The van der Waals surface area contributed by atoms with Crippen molar-refractivity contribution in [3.8, 4) is 11.4 Å². The van der Waals surface area contributed by atoms with Crippen molar-refractivity contribution in [2.24, 2.45) is 0 Å². The van der Waals surface area contributed by atoms with Gasteiger partial charge in [0.2, 0.25) is 0 Å². The number of nitrogens with zero attached hydrogens (tertiary/aromatic N) is 5. The fourth-order valence-electron chi connectivity index (χ4n) is 3.87. The second kappa shape index (κ2) is 8.27. The lowest BCUT2D eigenvalue weighted by molar-refractivity contribution is 0.149. The van der Waals surface area contributed by atoms with Gasteiger partial charge in [0.15, 0.2) is 5.82 Å². The monoisotopic (exact) mass is 423 g/mol. The molecule has 3 N–H and O–H groups in total. The summed E-state index contributed by atoms with van der Waals surface area (Å²) in [6, 6.07) is 8.19. The quantitative estimate of drug-likeness (QED) is 0.438. The fraction of sp³-hybridized carbons (Fsp3) is 0.381. The van der Waals surface area contributed by atoms with Crippen LogP contribution in [0.3, 0.4) is 0 Å². The number of aromatic amines is 1. The normalized spacial score (nSPS) is 15.9. The van der Waals surface area contributed by atoms with E-state index >= 15 is 0 Å². The molecule has 156 valence electrons.